The number of hydrogen-bond acceptors (Lipinski definition) is 4. The van der Waals surface area contributed by atoms with Crippen molar-refractivity contribution < 1.29 is 9.59 Å². The smallest absolute Gasteiger partial charge is 0.256 e. The van der Waals surface area contributed by atoms with Gasteiger partial charge in [0.15, 0.2) is 0 Å². The Hall–Kier alpha value is -1.82. The van der Waals surface area contributed by atoms with Crippen molar-refractivity contribution in [1.29, 1.82) is 0 Å². The first kappa shape index (κ1) is 13.6. The number of pyridine rings is 1. The zero-order chi connectivity index (χ0) is 14.0. The first-order chi connectivity index (χ1) is 9.04. The van der Waals surface area contributed by atoms with Gasteiger partial charge in [0.2, 0.25) is 5.91 Å². The van der Waals surface area contributed by atoms with E-state index < -0.39 is 6.04 Å². The van der Waals surface area contributed by atoms with Gasteiger partial charge in [0.1, 0.15) is 11.2 Å². The Bertz CT molecular complexity index is 520. The molecule has 19 heavy (non-hydrogen) atoms. The number of rotatable bonds is 2. The summed E-state index contributed by atoms with van der Waals surface area (Å²) in [6.45, 7) is 2.76. The minimum atomic E-state index is -0.465. The highest BCUT2D eigenvalue weighted by molar-refractivity contribution is 6.29. The number of halogens is 1. The van der Waals surface area contributed by atoms with E-state index >= 15 is 0 Å². The zero-order valence-electron chi connectivity index (χ0n) is 10.5. The maximum absolute atomic E-state index is 12.5. The lowest BCUT2D eigenvalue weighted by Crippen LogP contribution is -2.57. The van der Waals surface area contributed by atoms with Crippen molar-refractivity contribution in [2.45, 2.75) is 19.4 Å². The van der Waals surface area contributed by atoms with Crippen LogP contribution in [0, 0.1) is 0 Å². The highest BCUT2D eigenvalue weighted by Gasteiger charge is 2.32. The molecule has 1 aromatic heterocycles. The summed E-state index contributed by atoms with van der Waals surface area (Å²) in [4.78, 5) is 29.6. The number of nitrogens with two attached hydrogens (primary N) is 1. The molecule has 1 aliphatic heterocycles. The Morgan fingerprint density at radius 3 is 3.11 bits per heavy atom. The monoisotopic (exact) mass is 282 g/mol. The van der Waals surface area contributed by atoms with E-state index in [1.165, 1.54) is 17.2 Å². The van der Waals surface area contributed by atoms with Crippen molar-refractivity contribution in [3.05, 3.63) is 23.0 Å². The Kier molecular flexibility index (Phi) is 3.90. The quantitative estimate of drug-likeness (QED) is 0.780. The van der Waals surface area contributed by atoms with Crippen LogP contribution < -0.4 is 11.1 Å². The van der Waals surface area contributed by atoms with Gasteiger partial charge in [0.25, 0.3) is 5.91 Å². The number of nitrogens with zero attached hydrogens (tertiary/aromatic N) is 2. The van der Waals surface area contributed by atoms with E-state index in [1.54, 1.807) is 0 Å². The second-order valence-corrected chi connectivity index (χ2v) is 4.70. The Morgan fingerprint density at radius 1 is 1.68 bits per heavy atom. The Balaban J connectivity index is 2.32. The lowest BCUT2D eigenvalue weighted by molar-refractivity contribution is -0.127. The number of aromatic nitrogens is 1. The molecule has 1 atom stereocenters. The van der Waals surface area contributed by atoms with Crippen molar-refractivity contribution in [1.82, 2.24) is 15.2 Å². The molecular weight excluding hydrogens is 268 g/mol. The molecule has 0 aromatic carbocycles. The number of hydrogen-bond donors (Lipinski definition) is 2. The molecule has 102 valence electrons. The van der Waals surface area contributed by atoms with Crippen LogP contribution in [0.15, 0.2) is 12.3 Å². The third kappa shape index (κ3) is 2.63. The molecular formula is C12H15ClN4O2. The molecule has 2 rings (SSSR count). The summed E-state index contributed by atoms with van der Waals surface area (Å²) in [5.41, 5.74) is 6.29. The van der Waals surface area contributed by atoms with Gasteiger partial charge in [-0.05, 0) is 12.5 Å². The number of amides is 2. The predicted molar refractivity (Wildman–Crippen MR) is 71.8 cm³/mol. The van der Waals surface area contributed by atoms with Gasteiger partial charge in [-0.2, -0.15) is 0 Å². The number of nitrogen functional groups attached to an aromatic ring is 1. The molecule has 0 spiro atoms. The standard InChI is InChI=1S/C12H15ClN4O2/c1-2-9-11(18)15-3-4-17(9)12(19)7-5-10(13)16-6-8(7)14/h5-6,9H,2-4,14H2,1H3,(H,15,18). The van der Waals surface area contributed by atoms with Crippen LogP contribution >= 0.6 is 11.6 Å². The van der Waals surface area contributed by atoms with E-state index in [9.17, 15) is 9.59 Å². The molecule has 1 fully saturated rings. The molecule has 3 N–H and O–H groups in total. The zero-order valence-corrected chi connectivity index (χ0v) is 11.3. The topological polar surface area (TPSA) is 88.3 Å². The minimum absolute atomic E-state index is 0.138. The fraction of sp³-hybridized carbons (Fsp3) is 0.417. The molecule has 1 saturated heterocycles. The second kappa shape index (κ2) is 5.44. The summed E-state index contributed by atoms with van der Waals surface area (Å²) in [6.07, 6.45) is 1.90. The number of piperazine rings is 1. The summed E-state index contributed by atoms with van der Waals surface area (Å²) in [5.74, 6) is -0.427. The van der Waals surface area contributed by atoms with Gasteiger partial charge in [-0.1, -0.05) is 18.5 Å². The van der Waals surface area contributed by atoms with Crippen LogP contribution in [0.1, 0.15) is 23.7 Å². The summed E-state index contributed by atoms with van der Waals surface area (Å²) in [6, 6.07) is 0.964. The fourth-order valence-electron chi connectivity index (χ4n) is 2.14. The molecule has 1 aromatic rings. The summed E-state index contributed by atoms with van der Waals surface area (Å²) >= 11 is 5.78. The SMILES string of the molecule is CCC1C(=O)NCCN1C(=O)c1cc(Cl)ncc1N. The number of nitrogens with one attached hydrogen (secondary N) is 1. The number of carbonyl (C=O) groups excluding carboxylic acids is 2. The summed E-state index contributed by atoms with van der Waals surface area (Å²) in [5, 5.41) is 2.94. The van der Waals surface area contributed by atoms with Crippen molar-refractivity contribution in [2.75, 3.05) is 18.8 Å². The lowest BCUT2D eigenvalue weighted by atomic mass is 10.1. The third-order valence-electron chi connectivity index (χ3n) is 3.11. The van der Waals surface area contributed by atoms with Crippen molar-refractivity contribution >= 4 is 29.1 Å². The first-order valence-electron chi connectivity index (χ1n) is 6.04. The van der Waals surface area contributed by atoms with Crippen molar-refractivity contribution in [3.63, 3.8) is 0 Å². The fourth-order valence-corrected chi connectivity index (χ4v) is 2.30. The molecule has 2 heterocycles. The van der Waals surface area contributed by atoms with Crippen molar-refractivity contribution in [2.24, 2.45) is 0 Å². The van der Waals surface area contributed by atoms with Crippen LogP contribution in [0.5, 0.6) is 0 Å². The first-order valence-corrected chi connectivity index (χ1v) is 6.42. The normalized spacial score (nSPS) is 19.2. The second-order valence-electron chi connectivity index (χ2n) is 4.31. The maximum atomic E-state index is 12.5. The average Bonchev–Trinajstić information content (AvgIpc) is 2.40. The molecule has 0 bridgehead atoms. The lowest BCUT2D eigenvalue weighted by Gasteiger charge is -2.34. The van der Waals surface area contributed by atoms with Crippen LogP contribution in [0.4, 0.5) is 5.69 Å². The molecule has 2 amide bonds. The molecule has 0 radical (unpaired) electrons. The summed E-state index contributed by atoms with van der Waals surface area (Å²) < 4.78 is 0. The molecule has 0 saturated carbocycles. The third-order valence-corrected chi connectivity index (χ3v) is 3.32. The number of anilines is 1. The predicted octanol–water partition coefficient (Wildman–Crippen LogP) is 0.668. The van der Waals surface area contributed by atoms with Gasteiger partial charge in [0, 0.05) is 13.1 Å². The highest BCUT2D eigenvalue weighted by atomic mass is 35.5. The highest BCUT2D eigenvalue weighted by Crippen LogP contribution is 2.20. The van der Waals surface area contributed by atoms with Gasteiger partial charge in [-0.25, -0.2) is 4.98 Å². The van der Waals surface area contributed by atoms with E-state index in [4.69, 9.17) is 17.3 Å². The van der Waals surface area contributed by atoms with Gasteiger partial charge >= 0.3 is 0 Å². The Morgan fingerprint density at radius 2 is 2.42 bits per heavy atom. The van der Waals surface area contributed by atoms with Gasteiger partial charge < -0.3 is 16.0 Å². The molecule has 1 unspecified atom stereocenters. The van der Waals surface area contributed by atoms with E-state index in [2.05, 4.69) is 10.3 Å². The minimum Gasteiger partial charge on any atom is -0.397 e. The van der Waals surface area contributed by atoms with Gasteiger partial charge in [-0.15, -0.1) is 0 Å². The van der Waals surface area contributed by atoms with E-state index in [0.717, 1.165) is 0 Å². The van der Waals surface area contributed by atoms with E-state index in [-0.39, 0.29) is 28.2 Å². The molecule has 0 aliphatic carbocycles. The van der Waals surface area contributed by atoms with Crippen LogP contribution in [0.25, 0.3) is 0 Å². The van der Waals surface area contributed by atoms with E-state index in [1.807, 2.05) is 6.92 Å². The average molecular weight is 283 g/mol. The number of carbonyl (C=O) groups is 2. The Labute approximate surface area is 115 Å². The van der Waals surface area contributed by atoms with Gasteiger partial charge in [0.05, 0.1) is 17.4 Å². The van der Waals surface area contributed by atoms with Crippen molar-refractivity contribution in [3.8, 4) is 0 Å². The van der Waals surface area contributed by atoms with Crippen LogP contribution in [0.3, 0.4) is 0 Å². The summed E-state index contributed by atoms with van der Waals surface area (Å²) in [7, 11) is 0. The molecule has 7 heteroatoms. The van der Waals surface area contributed by atoms with Crippen LogP contribution in [-0.2, 0) is 4.79 Å². The maximum Gasteiger partial charge on any atom is 0.256 e. The molecule has 1 aliphatic rings. The molecule has 6 nitrogen and oxygen atoms in total. The van der Waals surface area contributed by atoms with Crippen LogP contribution in [0.2, 0.25) is 5.15 Å². The van der Waals surface area contributed by atoms with Gasteiger partial charge in [-0.3, -0.25) is 9.59 Å². The van der Waals surface area contributed by atoms with E-state index in [0.29, 0.717) is 19.5 Å². The van der Waals surface area contributed by atoms with Crippen LogP contribution in [-0.4, -0.2) is 40.8 Å². The largest absolute Gasteiger partial charge is 0.397 e.